The van der Waals surface area contributed by atoms with E-state index < -0.39 is 0 Å². The fraction of sp³-hybridized carbons (Fsp3) is 0.176. The van der Waals surface area contributed by atoms with Gasteiger partial charge in [0.2, 0.25) is 0 Å². The maximum absolute atomic E-state index is 12.8. The SMILES string of the molecule is CCn1c(=O)c(-c2ccc(SC)cc2)cc2cnc(Cl)cc21. The van der Waals surface area contributed by atoms with Crippen LogP contribution in [0.2, 0.25) is 5.15 Å². The van der Waals surface area contributed by atoms with Crippen molar-refractivity contribution in [3.63, 3.8) is 0 Å². The van der Waals surface area contributed by atoms with Gasteiger partial charge in [-0.1, -0.05) is 23.7 Å². The summed E-state index contributed by atoms with van der Waals surface area (Å²) in [5.74, 6) is 0. The average molecular weight is 331 g/mol. The first-order valence-electron chi connectivity index (χ1n) is 6.97. The van der Waals surface area contributed by atoms with E-state index in [1.54, 1.807) is 28.6 Å². The summed E-state index contributed by atoms with van der Waals surface area (Å²) in [6, 6.07) is 11.7. The lowest BCUT2D eigenvalue weighted by Gasteiger charge is -2.11. The smallest absolute Gasteiger partial charge is 0.258 e. The van der Waals surface area contributed by atoms with Crippen LogP contribution in [0.3, 0.4) is 0 Å². The Morgan fingerprint density at radius 1 is 1.23 bits per heavy atom. The topological polar surface area (TPSA) is 34.9 Å². The Kier molecular flexibility index (Phi) is 4.23. The molecule has 0 bridgehead atoms. The van der Waals surface area contributed by atoms with Gasteiger partial charge in [0.15, 0.2) is 0 Å². The van der Waals surface area contributed by atoms with Crippen molar-refractivity contribution in [2.45, 2.75) is 18.4 Å². The van der Waals surface area contributed by atoms with E-state index in [-0.39, 0.29) is 5.56 Å². The second-order valence-electron chi connectivity index (χ2n) is 4.90. The minimum absolute atomic E-state index is 0.00540. The molecule has 0 amide bonds. The van der Waals surface area contributed by atoms with Crippen molar-refractivity contribution in [1.82, 2.24) is 9.55 Å². The van der Waals surface area contributed by atoms with Crippen molar-refractivity contribution in [1.29, 1.82) is 0 Å². The number of thioether (sulfide) groups is 1. The van der Waals surface area contributed by atoms with Crippen molar-refractivity contribution >= 4 is 34.3 Å². The largest absolute Gasteiger partial charge is 0.308 e. The molecular weight excluding hydrogens is 316 g/mol. The Morgan fingerprint density at radius 2 is 1.95 bits per heavy atom. The van der Waals surface area contributed by atoms with Crippen molar-refractivity contribution < 1.29 is 0 Å². The third kappa shape index (κ3) is 2.64. The molecule has 22 heavy (non-hydrogen) atoms. The number of benzene rings is 1. The van der Waals surface area contributed by atoms with Gasteiger partial charge in [0, 0.05) is 28.6 Å². The predicted octanol–water partition coefficient (Wildman–Crippen LogP) is 4.46. The van der Waals surface area contributed by atoms with Crippen LogP contribution in [-0.2, 0) is 6.54 Å². The monoisotopic (exact) mass is 330 g/mol. The third-order valence-electron chi connectivity index (χ3n) is 3.66. The Labute approximate surface area is 138 Å². The van der Waals surface area contributed by atoms with E-state index in [0.717, 1.165) is 16.5 Å². The van der Waals surface area contributed by atoms with Gasteiger partial charge in [-0.3, -0.25) is 4.79 Å². The molecule has 0 unspecified atom stereocenters. The molecule has 3 aromatic rings. The van der Waals surface area contributed by atoms with Gasteiger partial charge in [0.05, 0.1) is 5.52 Å². The number of nitrogens with zero attached hydrogens (tertiary/aromatic N) is 2. The van der Waals surface area contributed by atoms with Crippen LogP contribution in [0.1, 0.15) is 6.92 Å². The van der Waals surface area contributed by atoms with Crippen LogP contribution >= 0.6 is 23.4 Å². The van der Waals surface area contributed by atoms with Gasteiger partial charge < -0.3 is 4.57 Å². The molecule has 112 valence electrons. The van der Waals surface area contributed by atoms with Crippen LogP contribution in [0.5, 0.6) is 0 Å². The quantitative estimate of drug-likeness (QED) is 0.525. The highest BCUT2D eigenvalue weighted by molar-refractivity contribution is 7.98. The van der Waals surface area contributed by atoms with Gasteiger partial charge in [-0.15, -0.1) is 11.8 Å². The zero-order valence-electron chi connectivity index (χ0n) is 12.3. The van der Waals surface area contributed by atoms with Crippen molar-refractivity contribution in [2.24, 2.45) is 0 Å². The first-order chi connectivity index (χ1) is 10.6. The van der Waals surface area contributed by atoms with Crippen LogP contribution in [-0.4, -0.2) is 15.8 Å². The summed E-state index contributed by atoms with van der Waals surface area (Å²) in [5.41, 5.74) is 2.42. The highest BCUT2D eigenvalue weighted by atomic mass is 35.5. The van der Waals surface area contributed by atoms with Crippen LogP contribution < -0.4 is 5.56 Å². The lowest BCUT2D eigenvalue weighted by Crippen LogP contribution is -2.21. The first kappa shape index (κ1) is 15.1. The molecular formula is C17H15ClN2OS. The van der Waals surface area contributed by atoms with E-state index >= 15 is 0 Å². The molecule has 3 rings (SSSR count). The normalized spacial score (nSPS) is 11.0. The van der Waals surface area contributed by atoms with Gasteiger partial charge in [-0.05, 0) is 43.0 Å². The van der Waals surface area contributed by atoms with Crippen LogP contribution in [0.15, 0.2) is 52.3 Å². The molecule has 0 atom stereocenters. The standard InChI is InChI=1S/C17H15ClN2OS/c1-3-20-15-9-16(18)19-10-12(15)8-14(17(20)21)11-4-6-13(22-2)7-5-11/h4-10H,3H2,1-2H3. The van der Waals surface area contributed by atoms with Gasteiger partial charge in [-0.25, -0.2) is 4.98 Å². The van der Waals surface area contributed by atoms with Gasteiger partial charge in [0.1, 0.15) is 5.15 Å². The molecule has 2 heterocycles. The van der Waals surface area contributed by atoms with Crippen LogP contribution in [0.25, 0.3) is 22.0 Å². The highest BCUT2D eigenvalue weighted by Crippen LogP contribution is 2.24. The minimum atomic E-state index is -0.00540. The molecule has 2 aromatic heterocycles. The van der Waals surface area contributed by atoms with Gasteiger partial charge in [-0.2, -0.15) is 0 Å². The van der Waals surface area contributed by atoms with E-state index in [1.807, 2.05) is 43.5 Å². The zero-order chi connectivity index (χ0) is 15.7. The molecule has 0 saturated heterocycles. The number of rotatable bonds is 3. The summed E-state index contributed by atoms with van der Waals surface area (Å²) in [5, 5.41) is 1.31. The second kappa shape index (κ2) is 6.15. The number of aryl methyl sites for hydroxylation is 1. The van der Waals surface area contributed by atoms with E-state index in [9.17, 15) is 4.79 Å². The number of pyridine rings is 2. The Morgan fingerprint density at radius 3 is 2.59 bits per heavy atom. The van der Waals surface area contributed by atoms with Crippen LogP contribution in [0, 0.1) is 0 Å². The molecule has 0 spiro atoms. The summed E-state index contributed by atoms with van der Waals surface area (Å²) in [6.45, 7) is 2.54. The maximum atomic E-state index is 12.8. The number of aromatic nitrogens is 2. The fourth-order valence-electron chi connectivity index (χ4n) is 2.54. The van der Waals surface area contributed by atoms with E-state index in [0.29, 0.717) is 17.3 Å². The second-order valence-corrected chi connectivity index (χ2v) is 6.17. The Bertz CT molecular complexity index is 888. The zero-order valence-corrected chi connectivity index (χ0v) is 13.9. The number of halogens is 1. The van der Waals surface area contributed by atoms with E-state index in [1.165, 1.54) is 4.90 Å². The molecule has 0 radical (unpaired) electrons. The Balaban J connectivity index is 2.27. The average Bonchev–Trinajstić information content (AvgIpc) is 2.54. The molecule has 5 heteroatoms. The fourth-order valence-corrected chi connectivity index (χ4v) is 3.10. The molecule has 0 aliphatic rings. The molecule has 1 aromatic carbocycles. The maximum Gasteiger partial charge on any atom is 0.258 e. The summed E-state index contributed by atoms with van der Waals surface area (Å²) >= 11 is 7.64. The summed E-state index contributed by atoms with van der Waals surface area (Å²) in [7, 11) is 0. The highest BCUT2D eigenvalue weighted by Gasteiger charge is 2.11. The first-order valence-corrected chi connectivity index (χ1v) is 8.58. The molecule has 0 N–H and O–H groups in total. The number of hydrogen-bond acceptors (Lipinski definition) is 3. The Hall–Kier alpha value is -1.78. The van der Waals surface area contributed by atoms with Crippen LogP contribution in [0.4, 0.5) is 0 Å². The summed E-state index contributed by atoms with van der Waals surface area (Å²) in [4.78, 5) is 18.1. The number of fused-ring (bicyclic) bond motifs is 1. The van der Waals surface area contributed by atoms with Gasteiger partial charge in [0.25, 0.3) is 5.56 Å². The number of hydrogen-bond donors (Lipinski definition) is 0. The van der Waals surface area contributed by atoms with Crippen molar-refractivity contribution in [3.05, 3.63) is 58.1 Å². The van der Waals surface area contributed by atoms with E-state index in [4.69, 9.17) is 11.6 Å². The van der Waals surface area contributed by atoms with Crippen molar-refractivity contribution in [3.8, 4) is 11.1 Å². The summed E-state index contributed by atoms with van der Waals surface area (Å²) in [6.07, 6.45) is 3.74. The van der Waals surface area contributed by atoms with E-state index in [2.05, 4.69) is 4.98 Å². The molecule has 0 saturated carbocycles. The minimum Gasteiger partial charge on any atom is -0.308 e. The summed E-state index contributed by atoms with van der Waals surface area (Å²) < 4.78 is 1.74. The van der Waals surface area contributed by atoms with Crippen molar-refractivity contribution in [2.75, 3.05) is 6.26 Å². The molecule has 0 aliphatic carbocycles. The lowest BCUT2D eigenvalue weighted by atomic mass is 10.1. The predicted molar refractivity (Wildman–Crippen MR) is 93.9 cm³/mol. The lowest BCUT2D eigenvalue weighted by molar-refractivity contribution is 0.761. The third-order valence-corrected chi connectivity index (χ3v) is 4.61. The van der Waals surface area contributed by atoms with Gasteiger partial charge >= 0.3 is 0 Å². The molecule has 0 fully saturated rings. The molecule has 0 aliphatic heterocycles. The molecule has 3 nitrogen and oxygen atoms in total.